The zero-order valence-electron chi connectivity index (χ0n) is 21.4. The fraction of sp³-hybridized carbons (Fsp3) is 0.269. The topological polar surface area (TPSA) is 140 Å². The first kappa shape index (κ1) is 27.6. The number of halogens is 2. The molecule has 0 bridgehead atoms. The zero-order chi connectivity index (χ0) is 28.6. The van der Waals surface area contributed by atoms with E-state index in [2.05, 4.69) is 41.3 Å². The number of rotatable bonds is 7. The number of nitrogens with one attached hydrogen (secondary N) is 1. The highest BCUT2D eigenvalue weighted by Crippen LogP contribution is 2.28. The largest absolute Gasteiger partial charge is 0.326 e. The molecular weight excluding hydrogens is 605 g/mol. The number of amides is 2. The van der Waals surface area contributed by atoms with E-state index in [0.29, 0.717) is 26.6 Å². The van der Waals surface area contributed by atoms with E-state index >= 15 is 0 Å². The third kappa shape index (κ3) is 5.68. The van der Waals surface area contributed by atoms with Crippen LogP contribution in [0, 0.1) is 0 Å². The van der Waals surface area contributed by atoms with Crippen LogP contribution in [0.25, 0.3) is 22.0 Å². The number of likely N-dealkylation sites (tertiary alicyclic amines) is 1. The van der Waals surface area contributed by atoms with Crippen LogP contribution >= 0.6 is 15.9 Å². The van der Waals surface area contributed by atoms with Crippen LogP contribution in [0.5, 0.6) is 0 Å². The van der Waals surface area contributed by atoms with Crippen molar-refractivity contribution in [2.45, 2.75) is 37.3 Å². The molecule has 1 fully saturated rings. The number of benzene rings is 1. The zero-order valence-corrected chi connectivity index (χ0v) is 23.8. The molecule has 4 aromatic rings. The molecule has 0 radical (unpaired) electrons. The monoisotopic (exact) mass is 627 g/mol. The second-order valence-electron chi connectivity index (χ2n) is 9.23. The summed E-state index contributed by atoms with van der Waals surface area (Å²) in [6.45, 7) is 0.846. The minimum atomic E-state index is -1.36. The lowest BCUT2D eigenvalue weighted by Gasteiger charge is -2.23. The van der Waals surface area contributed by atoms with Gasteiger partial charge in [-0.1, -0.05) is 12.1 Å². The number of carbonyl (C=O) groups is 3. The Labute approximate surface area is 238 Å². The molecule has 40 heavy (non-hydrogen) atoms. The number of ketones is 1. The Morgan fingerprint density at radius 2 is 1.90 bits per heavy atom. The van der Waals surface area contributed by atoms with Crippen molar-refractivity contribution in [3.63, 3.8) is 0 Å². The lowest BCUT2D eigenvalue weighted by atomic mass is 10.0. The van der Waals surface area contributed by atoms with Gasteiger partial charge in [-0.25, -0.2) is 19.3 Å². The van der Waals surface area contributed by atoms with Crippen molar-refractivity contribution in [3.05, 3.63) is 59.1 Å². The second-order valence-corrected chi connectivity index (χ2v) is 11.3. The van der Waals surface area contributed by atoms with Crippen LogP contribution in [-0.4, -0.2) is 76.5 Å². The Morgan fingerprint density at radius 3 is 2.58 bits per heavy atom. The van der Waals surface area contributed by atoms with Gasteiger partial charge in [-0.15, -0.1) is 0 Å². The fourth-order valence-corrected chi connectivity index (χ4v) is 5.31. The molecule has 3 atom stereocenters. The van der Waals surface area contributed by atoms with Crippen molar-refractivity contribution in [1.29, 1.82) is 0 Å². The number of alkyl halides is 1. The molecule has 5 rings (SSSR count). The van der Waals surface area contributed by atoms with Crippen LogP contribution in [0.1, 0.15) is 23.8 Å². The Bertz CT molecular complexity index is 1660. The lowest BCUT2D eigenvalue weighted by Crippen LogP contribution is -2.44. The fourth-order valence-electron chi connectivity index (χ4n) is 4.57. The summed E-state index contributed by atoms with van der Waals surface area (Å²) in [5, 5.41) is 7.74. The number of carbonyl (C=O) groups excluding carboxylic acids is 3. The van der Waals surface area contributed by atoms with E-state index in [0.717, 1.165) is 0 Å². The van der Waals surface area contributed by atoms with E-state index in [4.69, 9.17) is 0 Å². The van der Waals surface area contributed by atoms with Crippen molar-refractivity contribution in [2.24, 2.45) is 0 Å². The summed E-state index contributed by atoms with van der Waals surface area (Å²) in [6, 6.07) is 9.19. The molecule has 1 N–H and O–H groups in total. The maximum atomic E-state index is 14.4. The van der Waals surface area contributed by atoms with E-state index in [1.165, 1.54) is 22.8 Å². The normalized spacial score (nSPS) is 17.6. The molecule has 0 aliphatic carbocycles. The standard InChI is InChI=1S/C26H23BrFN7O4S/c1-14(36)24-18-8-15(16-10-29-26(30-11-16)40(2)39)6-7-19(18)35(33-24)13-23(37)34-12-17(28)9-20(34)25(38)32-22-5-3-4-21(27)31-22/h3-8,10-11,17,20H,9,12-13H2,1-2H3,(H,31,32,38)/t17-,20+,40?/m1/s1. The predicted octanol–water partition coefficient (Wildman–Crippen LogP) is 3.17. The van der Waals surface area contributed by atoms with Crippen LogP contribution in [0.4, 0.5) is 10.2 Å². The Morgan fingerprint density at radius 1 is 1.15 bits per heavy atom. The molecule has 2 amide bonds. The van der Waals surface area contributed by atoms with Gasteiger partial charge in [0.1, 0.15) is 34.9 Å². The van der Waals surface area contributed by atoms with Gasteiger partial charge in [0.15, 0.2) is 5.78 Å². The molecule has 0 spiro atoms. The van der Waals surface area contributed by atoms with Crippen molar-refractivity contribution in [2.75, 3.05) is 18.1 Å². The van der Waals surface area contributed by atoms with E-state index in [1.54, 1.807) is 48.8 Å². The van der Waals surface area contributed by atoms with E-state index in [9.17, 15) is 23.0 Å². The molecule has 14 heteroatoms. The van der Waals surface area contributed by atoms with Gasteiger partial charge in [-0.2, -0.15) is 5.10 Å². The maximum Gasteiger partial charge on any atom is 0.248 e. The number of nitrogens with zero attached hydrogens (tertiary/aromatic N) is 6. The Kier molecular flexibility index (Phi) is 7.81. The first-order valence-corrected chi connectivity index (χ1v) is 14.5. The number of aromatic nitrogens is 5. The minimum absolute atomic E-state index is 0.139. The first-order chi connectivity index (χ1) is 19.1. The summed E-state index contributed by atoms with van der Waals surface area (Å²) in [5.74, 6) is -1.08. The SMILES string of the molecule is CC(=O)c1nn(CC(=O)N2C[C@H](F)C[C@H]2C(=O)Nc2cccc(Br)n2)c2ccc(-c3cnc(S(C)=O)nc3)cc12. The predicted molar refractivity (Wildman–Crippen MR) is 149 cm³/mol. The molecule has 0 saturated carbocycles. The van der Waals surface area contributed by atoms with Crippen molar-refractivity contribution in [1.82, 2.24) is 29.6 Å². The van der Waals surface area contributed by atoms with Gasteiger partial charge < -0.3 is 10.2 Å². The van der Waals surface area contributed by atoms with Gasteiger partial charge in [0.2, 0.25) is 17.0 Å². The Hall–Kier alpha value is -3.91. The molecular formula is C26H23BrFN7O4S. The van der Waals surface area contributed by atoms with Gasteiger partial charge in [0, 0.05) is 42.9 Å². The number of fused-ring (bicyclic) bond motifs is 1. The average molecular weight is 628 g/mol. The summed E-state index contributed by atoms with van der Waals surface area (Å²) >= 11 is 3.24. The lowest BCUT2D eigenvalue weighted by molar-refractivity contribution is -0.137. The smallest absolute Gasteiger partial charge is 0.248 e. The highest BCUT2D eigenvalue weighted by atomic mass is 79.9. The van der Waals surface area contributed by atoms with Gasteiger partial charge in [0.25, 0.3) is 0 Å². The van der Waals surface area contributed by atoms with Gasteiger partial charge in [-0.3, -0.25) is 23.3 Å². The third-order valence-corrected chi connectivity index (χ3v) is 7.59. The van der Waals surface area contributed by atoms with Gasteiger partial charge in [0.05, 0.1) is 22.9 Å². The van der Waals surface area contributed by atoms with Crippen LogP contribution in [0.3, 0.4) is 0 Å². The van der Waals surface area contributed by atoms with Crippen molar-refractivity contribution >= 4 is 61.0 Å². The maximum absolute atomic E-state index is 14.4. The second kappa shape index (κ2) is 11.3. The van der Waals surface area contributed by atoms with Crippen molar-refractivity contribution < 1.29 is 23.0 Å². The van der Waals surface area contributed by atoms with E-state index in [-0.39, 0.29) is 42.0 Å². The molecule has 11 nitrogen and oxygen atoms in total. The molecule has 1 aliphatic heterocycles. The third-order valence-electron chi connectivity index (χ3n) is 6.43. The van der Waals surface area contributed by atoms with Gasteiger partial charge in [-0.05, 0) is 45.8 Å². The van der Waals surface area contributed by atoms with Crippen LogP contribution in [0.2, 0.25) is 0 Å². The minimum Gasteiger partial charge on any atom is -0.326 e. The summed E-state index contributed by atoms with van der Waals surface area (Å²) in [7, 11) is -1.32. The van der Waals surface area contributed by atoms with E-state index < -0.39 is 34.8 Å². The molecule has 1 aromatic carbocycles. The molecule has 206 valence electrons. The summed E-state index contributed by atoms with van der Waals surface area (Å²) in [6.07, 6.45) is 3.07. The number of hydrogen-bond donors (Lipinski definition) is 1. The molecule has 1 unspecified atom stereocenters. The molecule has 4 heterocycles. The molecule has 1 saturated heterocycles. The van der Waals surface area contributed by atoms with E-state index in [1.807, 2.05) is 0 Å². The number of pyridine rings is 1. The summed E-state index contributed by atoms with van der Waals surface area (Å²) in [4.78, 5) is 52.3. The summed E-state index contributed by atoms with van der Waals surface area (Å²) < 4.78 is 27.9. The summed E-state index contributed by atoms with van der Waals surface area (Å²) in [5.41, 5.74) is 2.03. The first-order valence-electron chi connectivity index (χ1n) is 12.1. The quantitative estimate of drug-likeness (QED) is 0.187. The van der Waals surface area contributed by atoms with Crippen LogP contribution in [-0.2, 0) is 26.9 Å². The highest BCUT2D eigenvalue weighted by molar-refractivity contribution is 9.10. The van der Waals surface area contributed by atoms with Crippen LogP contribution in [0.15, 0.2) is 58.6 Å². The van der Waals surface area contributed by atoms with Crippen LogP contribution < -0.4 is 5.32 Å². The number of anilines is 1. The molecule has 3 aromatic heterocycles. The Balaban J connectivity index is 1.40. The highest BCUT2D eigenvalue weighted by Gasteiger charge is 2.40. The van der Waals surface area contributed by atoms with Crippen molar-refractivity contribution in [3.8, 4) is 11.1 Å². The molecule has 1 aliphatic rings. The van der Waals surface area contributed by atoms with Gasteiger partial charge >= 0.3 is 0 Å². The average Bonchev–Trinajstić information content (AvgIpc) is 3.49. The number of Topliss-reactive ketones (excluding diaryl/α,β-unsaturated/α-hetero) is 1. The number of hydrogen-bond acceptors (Lipinski definition) is 8.